The van der Waals surface area contributed by atoms with E-state index in [1.54, 1.807) is 30.3 Å². The standard InChI is InChI=1S/C18H15F3N4O3S/c1-12(26)24(13-5-3-2-4-6-13)17-11-16(18(19,20)21)23-25(17)14-7-9-15(10-8-14)29(22,27)28/h2-11H,1H3,(H2,22,27,28). The fourth-order valence-electron chi connectivity index (χ4n) is 2.69. The van der Waals surface area contributed by atoms with Gasteiger partial charge in [-0.15, -0.1) is 0 Å². The summed E-state index contributed by atoms with van der Waals surface area (Å²) >= 11 is 0. The number of nitrogens with two attached hydrogens (primary N) is 1. The normalized spacial score (nSPS) is 12.0. The molecule has 2 N–H and O–H groups in total. The fourth-order valence-corrected chi connectivity index (χ4v) is 3.20. The van der Waals surface area contributed by atoms with E-state index in [0.717, 1.165) is 27.8 Å². The number of hydrogen-bond donors (Lipinski definition) is 1. The maximum atomic E-state index is 13.3. The maximum absolute atomic E-state index is 13.3. The third-order valence-electron chi connectivity index (χ3n) is 3.95. The Hall–Kier alpha value is -3.18. The minimum atomic E-state index is -4.75. The van der Waals surface area contributed by atoms with Crippen LogP contribution in [0.4, 0.5) is 24.7 Å². The van der Waals surface area contributed by atoms with Gasteiger partial charge in [0, 0.05) is 13.0 Å². The van der Waals surface area contributed by atoms with Crippen LogP contribution in [0.2, 0.25) is 0 Å². The van der Waals surface area contributed by atoms with Crippen molar-refractivity contribution in [3.05, 3.63) is 66.4 Å². The van der Waals surface area contributed by atoms with Crippen LogP contribution in [0, 0.1) is 0 Å². The van der Waals surface area contributed by atoms with Crippen LogP contribution in [0.3, 0.4) is 0 Å². The number of hydrogen-bond acceptors (Lipinski definition) is 4. The van der Waals surface area contributed by atoms with Gasteiger partial charge in [0.25, 0.3) is 0 Å². The summed E-state index contributed by atoms with van der Waals surface area (Å²) < 4.78 is 63.7. The SMILES string of the molecule is CC(=O)N(c1ccccc1)c1cc(C(F)(F)F)nn1-c1ccc(S(N)(=O)=O)cc1. The number of para-hydroxylation sites is 1. The Morgan fingerprint density at radius 2 is 1.66 bits per heavy atom. The summed E-state index contributed by atoms with van der Waals surface area (Å²) in [5.74, 6) is -0.688. The highest BCUT2D eigenvalue weighted by Gasteiger charge is 2.36. The smallest absolute Gasteiger partial charge is 0.274 e. The number of primary sulfonamides is 1. The number of alkyl halides is 3. The summed E-state index contributed by atoms with van der Waals surface area (Å²) in [5, 5.41) is 8.64. The van der Waals surface area contributed by atoms with Crippen molar-refractivity contribution in [2.45, 2.75) is 18.0 Å². The van der Waals surface area contributed by atoms with E-state index >= 15 is 0 Å². The molecule has 0 aliphatic heterocycles. The summed E-state index contributed by atoms with van der Waals surface area (Å²) in [6, 6.07) is 13.6. The van der Waals surface area contributed by atoms with Crippen LogP contribution in [0.5, 0.6) is 0 Å². The first-order chi connectivity index (χ1) is 13.5. The molecule has 7 nitrogen and oxygen atoms in total. The predicted molar refractivity (Wildman–Crippen MR) is 99.2 cm³/mol. The molecule has 0 saturated heterocycles. The van der Waals surface area contributed by atoms with Crippen molar-refractivity contribution in [3.63, 3.8) is 0 Å². The number of sulfonamides is 1. The van der Waals surface area contributed by atoms with Gasteiger partial charge in [-0.1, -0.05) is 18.2 Å². The average molecular weight is 424 g/mol. The molecule has 3 aromatic rings. The molecular weight excluding hydrogens is 409 g/mol. The average Bonchev–Trinajstić information content (AvgIpc) is 3.07. The number of anilines is 2. The molecule has 1 heterocycles. The highest BCUT2D eigenvalue weighted by Crippen LogP contribution is 2.35. The van der Waals surface area contributed by atoms with Gasteiger partial charge in [-0.05, 0) is 36.4 Å². The number of aromatic nitrogens is 2. The number of halogens is 3. The Labute approximate surface area is 164 Å². The third kappa shape index (κ3) is 4.30. The topological polar surface area (TPSA) is 98.3 Å². The van der Waals surface area contributed by atoms with Crippen molar-refractivity contribution in [2.24, 2.45) is 5.14 Å². The Kier molecular flexibility index (Phi) is 5.20. The molecule has 0 spiro atoms. The summed E-state index contributed by atoms with van der Waals surface area (Å²) in [7, 11) is -3.98. The molecule has 152 valence electrons. The lowest BCUT2D eigenvalue weighted by molar-refractivity contribution is -0.141. The van der Waals surface area contributed by atoms with Crippen molar-refractivity contribution in [2.75, 3.05) is 4.90 Å². The molecule has 0 unspecified atom stereocenters. The van der Waals surface area contributed by atoms with Crippen LogP contribution in [0.15, 0.2) is 65.6 Å². The molecule has 1 aromatic heterocycles. The molecule has 0 saturated carbocycles. The number of rotatable bonds is 4. The van der Waals surface area contributed by atoms with Crippen molar-refractivity contribution >= 4 is 27.4 Å². The first-order valence-corrected chi connectivity index (χ1v) is 9.69. The fraction of sp³-hybridized carbons (Fsp3) is 0.111. The summed E-state index contributed by atoms with van der Waals surface area (Å²) in [6.07, 6.45) is -4.75. The van der Waals surface area contributed by atoms with Gasteiger partial charge in [0.05, 0.1) is 16.3 Å². The second-order valence-electron chi connectivity index (χ2n) is 6.03. The van der Waals surface area contributed by atoms with Gasteiger partial charge < -0.3 is 0 Å². The Morgan fingerprint density at radius 3 is 2.14 bits per heavy atom. The van der Waals surface area contributed by atoms with Crippen molar-refractivity contribution in [1.82, 2.24) is 9.78 Å². The quantitative estimate of drug-likeness (QED) is 0.695. The highest BCUT2D eigenvalue weighted by atomic mass is 32.2. The van der Waals surface area contributed by atoms with Gasteiger partial charge in [0.15, 0.2) is 5.69 Å². The van der Waals surface area contributed by atoms with Crippen LogP contribution < -0.4 is 10.0 Å². The van der Waals surface area contributed by atoms with Crippen molar-refractivity contribution in [3.8, 4) is 5.69 Å². The third-order valence-corrected chi connectivity index (χ3v) is 4.88. The van der Waals surface area contributed by atoms with Crippen molar-refractivity contribution < 1.29 is 26.4 Å². The first kappa shape index (κ1) is 20.6. The van der Waals surface area contributed by atoms with Crippen LogP contribution in [-0.2, 0) is 21.0 Å². The van der Waals surface area contributed by atoms with E-state index in [2.05, 4.69) is 5.10 Å². The van der Waals surface area contributed by atoms with Crippen LogP contribution in [-0.4, -0.2) is 24.1 Å². The zero-order valence-corrected chi connectivity index (χ0v) is 15.8. The van der Waals surface area contributed by atoms with E-state index in [4.69, 9.17) is 5.14 Å². The zero-order valence-electron chi connectivity index (χ0n) is 15.0. The number of carbonyl (C=O) groups excluding carboxylic acids is 1. The Bertz CT molecular complexity index is 1140. The summed E-state index contributed by atoms with van der Waals surface area (Å²) in [6.45, 7) is 1.21. The molecule has 0 atom stereocenters. The number of amides is 1. The van der Waals surface area contributed by atoms with E-state index < -0.39 is 27.8 Å². The maximum Gasteiger partial charge on any atom is 0.435 e. The lowest BCUT2D eigenvalue weighted by Crippen LogP contribution is -2.25. The second kappa shape index (κ2) is 7.33. The van der Waals surface area contributed by atoms with E-state index in [9.17, 15) is 26.4 Å². The largest absolute Gasteiger partial charge is 0.435 e. The molecule has 0 aliphatic rings. The van der Waals surface area contributed by atoms with Crippen LogP contribution in [0.1, 0.15) is 12.6 Å². The van der Waals surface area contributed by atoms with Gasteiger partial charge >= 0.3 is 6.18 Å². The second-order valence-corrected chi connectivity index (χ2v) is 7.59. The van der Waals surface area contributed by atoms with Gasteiger partial charge in [-0.2, -0.15) is 18.3 Å². The molecule has 3 rings (SSSR count). The van der Waals surface area contributed by atoms with Crippen LogP contribution in [0.25, 0.3) is 5.69 Å². The molecule has 0 fully saturated rings. The minimum Gasteiger partial charge on any atom is -0.274 e. The highest BCUT2D eigenvalue weighted by molar-refractivity contribution is 7.89. The Morgan fingerprint density at radius 1 is 1.07 bits per heavy atom. The number of carbonyl (C=O) groups is 1. The molecule has 29 heavy (non-hydrogen) atoms. The van der Waals surface area contributed by atoms with Gasteiger partial charge in [-0.25, -0.2) is 18.2 Å². The molecule has 0 aliphatic carbocycles. The number of nitrogens with zero attached hydrogens (tertiary/aromatic N) is 3. The minimum absolute atomic E-state index is 0.116. The first-order valence-electron chi connectivity index (χ1n) is 8.15. The molecule has 1 amide bonds. The van der Waals surface area contributed by atoms with Crippen molar-refractivity contribution in [1.29, 1.82) is 0 Å². The predicted octanol–water partition coefficient (Wildman–Crippen LogP) is 3.22. The molecule has 11 heteroatoms. The van der Waals surface area contributed by atoms with E-state index in [1.165, 1.54) is 19.1 Å². The van der Waals surface area contributed by atoms with Gasteiger partial charge in [0.2, 0.25) is 15.9 Å². The number of benzene rings is 2. The summed E-state index contributed by atoms with van der Waals surface area (Å²) in [4.78, 5) is 13.1. The lowest BCUT2D eigenvalue weighted by Gasteiger charge is -2.22. The Balaban J connectivity index is 2.21. The van der Waals surface area contributed by atoms with Crippen LogP contribution >= 0.6 is 0 Å². The van der Waals surface area contributed by atoms with E-state index in [0.29, 0.717) is 5.69 Å². The van der Waals surface area contributed by atoms with Gasteiger partial charge in [-0.3, -0.25) is 9.69 Å². The zero-order chi connectivity index (χ0) is 21.4. The van der Waals surface area contributed by atoms with E-state index in [1.807, 2.05) is 0 Å². The molecule has 2 aromatic carbocycles. The van der Waals surface area contributed by atoms with E-state index in [-0.39, 0.29) is 16.4 Å². The molecular formula is C18H15F3N4O3S. The monoisotopic (exact) mass is 424 g/mol. The molecule has 0 bridgehead atoms. The van der Waals surface area contributed by atoms with Gasteiger partial charge in [0.1, 0.15) is 5.82 Å². The molecule has 0 radical (unpaired) electrons. The lowest BCUT2D eigenvalue weighted by atomic mass is 10.2. The summed E-state index contributed by atoms with van der Waals surface area (Å²) in [5.41, 5.74) is -0.744.